The van der Waals surface area contributed by atoms with Crippen LogP contribution in [0, 0.1) is 0 Å². The Kier molecular flexibility index (Phi) is 9.79. The molecule has 0 unspecified atom stereocenters. The van der Waals surface area contributed by atoms with Gasteiger partial charge in [-0.1, -0.05) is 0 Å². The molecule has 2 aliphatic rings. The number of ether oxygens (including phenoxy) is 2. The van der Waals surface area contributed by atoms with Crippen LogP contribution in [-0.2, 0) is 19.1 Å². The molecule has 8 nitrogen and oxygen atoms in total. The zero-order valence-corrected chi connectivity index (χ0v) is 15.1. The number of nitrogens with one attached hydrogen (secondary N) is 2. The summed E-state index contributed by atoms with van der Waals surface area (Å²) in [6.45, 7) is 9.85. The first-order valence-corrected chi connectivity index (χ1v) is 9.37. The van der Waals surface area contributed by atoms with Gasteiger partial charge in [0.05, 0.1) is 26.4 Å². The van der Waals surface area contributed by atoms with E-state index < -0.39 is 0 Å². The molecule has 0 spiro atoms. The summed E-state index contributed by atoms with van der Waals surface area (Å²) in [5.41, 5.74) is 0. The average molecular weight is 356 g/mol. The Balaban J connectivity index is 1.41. The molecule has 2 amide bonds. The summed E-state index contributed by atoms with van der Waals surface area (Å²) in [6, 6.07) is 0. The number of hydrogen-bond donors (Lipinski definition) is 2. The van der Waals surface area contributed by atoms with E-state index in [1.54, 1.807) is 0 Å². The summed E-state index contributed by atoms with van der Waals surface area (Å²) < 4.78 is 10.6. The Morgan fingerprint density at radius 2 is 1.12 bits per heavy atom. The van der Waals surface area contributed by atoms with Crippen molar-refractivity contribution >= 4 is 11.8 Å². The van der Waals surface area contributed by atoms with Crippen molar-refractivity contribution in [2.45, 2.75) is 19.3 Å². The summed E-state index contributed by atoms with van der Waals surface area (Å²) >= 11 is 0. The summed E-state index contributed by atoms with van der Waals surface area (Å²) in [6.07, 6.45) is 1.40. The SMILES string of the molecule is O=C(CCCC(=O)NCCN1CCOCC1)NCCN1CCOCC1. The van der Waals surface area contributed by atoms with Crippen molar-refractivity contribution in [1.82, 2.24) is 20.4 Å². The molecule has 0 saturated carbocycles. The van der Waals surface area contributed by atoms with Crippen LogP contribution < -0.4 is 10.6 Å². The first kappa shape index (κ1) is 20.1. The molecule has 2 aliphatic heterocycles. The summed E-state index contributed by atoms with van der Waals surface area (Å²) in [7, 11) is 0. The van der Waals surface area contributed by atoms with Crippen LogP contribution in [0.3, 0.4) is 0 Å². The van der Waals surface area contributed by atoms with Gasteiger partial charge in [0.2, 0.25) is 11.8 Å². The van der Waals surface area contributed by atoms with Crippen molar-refractivity contribution in [3.63, 3.8) is 0 Å². The van der Waals surface area contributed by atoms with Crippen molar-refractivity contribution in [3.05, 3.63) is 0 Å². The standard InChI is InChI=1S/C17H32N4O4/c22-16(18-4-6-20-8-12-24-13-9-20)2-1-3-17(23)19-5-7-21-10-14-25-15-11-21/h1-15H2,(H,18,22)(H,19,23). The van der Waals surface area contributed by atoms with Gasteiger partial charge in [-0.15, -0.1) is 0 Å². The van der Waals surface area contributed by atoms with Gasteiger partial charge in [-0.05, 0) is 6.42 Å². The monoisotopic (exact) mass is 356 g/mol. The highest BCUT2D eigenvalue weighted by molar-refractivity contribution is 5.78. The third kappa shape index (κ3) is 9.15. The van der Waals surface area contributed by atoms with E-state index in [2.05, 4.69) is 20.4 Å². The molecule has 25 heavy (non-hydrogen) atoms. The third-order valence-corrected chi connectivity index (χ3v) is 4.52. The molecule has 0 radical (unpaired) electrons. The zero-order valence-electron chi connectivity index (χ0n) is 15.1. The first-order valence-electron chi connectivity index (χ1n) is 9.37. The molecule has 2 N–H and O–H groups in total. The van der Waals surface area contributed by atoms with E-state index in [-0.39, 0.29) is 11.8 Å². The van der Waals surface area contributed by atoms with Gasteiger partial charge in [0, 0.05) is 65.2 Å². The normalized spacial score (nSPS) is 19.5. The Hall–Kier alpha value is -1.22. The fourth-order valence-corrected chi connectivity index (χ4v) is 2.94. The molecule has 2 rings (SSSR count). The molecular formula is C17H32N4O4. The highest BCUT2D eigenvalue weighted by Crippen LogP contribution is 1.98. The quantitative estimate of drug-likeness (QED) is 0.525. The Labute approximate surface area is 150 Å². The van der Waals surface area contributed by atoms with E-state index >= 15 is 0 Å². The van der Waals surface area contributed by atoms with Crippen molar-refractivity contribution in [3.8, 4) is 0 Å². The highest BCUT2D eigenvalue weighted by Gasteiger charge is 2.11. The maximum atomic E-state index is 11.8. The molecular weight excluding hydrogens is 324 g/mol. The van der Waals surface area contributed by atoms with Gasteiger partial charge in [0.15, 0.2) is 0 Å². The number of hydrogen-bond acceptors (Lipinski definition) is 6. The largest absolute Gasteiger partial charge is 0.379 e. The van der Waals surface area contributed by atoms with Gasteiger partial charge >= 0.3 is 0 Å². The van der Waals surface area contributed by atoms with Crippen LogP contribution >= 0.6 is 0 Å². The van der Waals surface area contributed by atoms with Gasteiger partial charge < -0.3 is 20.1 Å². The lowest BCUT2D eigenvalue weighted by Crippen LogP contribution is -2.41. The maximum absolute atomic E-state index is 11.8. The number of carbonyl (C=O) groups is 2. The third-order valence-electron chi connectivity index (χ3n) is 4.52. The second-order valence-corrected chi connectivity index (χ2v) is 6.46. The predicted octanol–water partition coefficient (Wildman–Crippen LogP) is -0.946. The van der Waals surface area contributed by atoms with E-state index in [9.17, 15) is 9.59 Å². The molecule has 2 saturated heterocycles. The van der Waals surface area contributed by atoms with Gasteiger partial charge in [0.25, 0.3) is 0 Å². The minimum absolute atomic E-state index is 0.0226. The molecule has 0 atom stereocenters. The molecule has 0 aromatic heterocycles. The van der Waals surface area contributed by atoms with Gasteiger partial charge in [0.1, 0.15) is 0 Å². The molecule has 0 aliphatic carbocycles. The van der Waals surface area contributed by atoms with Crippen LogP contribution in [0.2, 0.25) is 0 Å². The van der Waals surface area contributed by atoms with Gasteiger partial charge in [-0.2, -0.15) is 0 Å². The topological polar surface area (TPSA) is 83.1 Å². The van der Waals surface area contributed by atoms with E-state index in [4.69, 9.17) is 9.47 Å². The lowest BCUT2D eigenvalue weighted by molar-refractivity contribution is -0.122. The van der Waals surface area contributed by atoms with Crippen LogP contribution in [0.25, 0.3) is 0 Å². The zero-order chi connectivity index (χ0) is 17.7. The maximum Gasteiger partial charge on any atom is 0.220 e. The summed E-state index contributed by atoms with van der Waals surface area (Å²) in [5.74, 6) is 0.0451. The number of rotatable bonds is 10. The number of carbonyl (C=O) groups excluding carboxylic acids is 2. The Morgan fingerprint density at radius 1 is 0.720 bits per heavy atom. The molecule has 2 heterocycles. The van der Waals surface area contributed by atoms with Crippen molar-refractivity contribution in [2.24, 2.45) is 0 Å². The van der Waals surface area contributed by atoms with Gasteiger partial charge in [-0.3, -0.25) is 19.4 Å². The molecule has 0 aromatic carbocycles. The Morgan fingerprint density at radius 3 is 1.52 bits per heavy atom. The second kappa shape index (κ2) is 12.2. The second-order valence-electron chi connectivity index (χ2n) is 6.46. The average Bonchev–Trinajstić information content (AvgIpc) is 2.63. The predicted molar refractivity (Wildman–Crippen MR) is 94.4 cm³/mol. The molecule has 144 valence electrons. The van der Waals surface area contributed by atoms with E-state index in [1.165, 1.54) is 0 Å². The van der Waals surface area contributed by atoms with Crippen molar-refractivity contribution < 1.29 is 19.1 Å². The minimum Gasteiger partial charge on any atom is -0.379 e. The Bertz CT molecular complexity index is 360. The van der Waals surface area contributed by atoms with Crippen LogP contribution in [-0.4, -0.2) is 100 Å². The smallest absolute Gasteiger partial charge is 0.220 e. The lowest BCUT2D eigenvalue weighted by Gasteiger charge is -2.26. The molecule has 2 fully saturated rings. The van der Waals surface area contributed by atoms with E-state index in [1.807, 2.05) is 0 Å². The van der Waals surface area contributed by atoms with Crippen LogP contribution in [0.5, 0.6) is 0 Å². The van der Waals surface area contributed by atoms with Crippen molar-refractivity contribution in [1.29, 1.82) is 0 Å². The lowest BCUT2D eigenvalue weighted by atomic mass is 10.2. The summed E-state index contributed by atoms with van der Waals surface area (Å²) in [5, 5.41) is 5.84. The number of nitrogens with zero attached hydrogens (tertiary/aromatic N) is 2. The van der Waals surface area contributed by atoms with Crippen LogP contribution in [0.4, 0.5) is 0 Å². The van der Waals surface area contributed by atoms with Crippen LogP contribution in [0.15, 0.2) is 0 Å². The first-order chi connectivity index (χ1) is 12.2. The van der Waals surface area contributed by atoms with E-state index in [0.717, 1.165) is 65.7 Å². The van der Waals surface area contributed by atoms with Crippen molar-refractivity contribution in [2.75, 3.05) is 78.8 Å². The molecule has 0 aromatic rings. The minimum atomic E-state index is 0.0226. The highest BCUT2D eigenvalue weighted by atomic mass is 16.5. The summed E-state index contributed by atoms with van der Waals surface area (Å²) in [4.78, 5) is 28.1. The van der Waals surface area contributed by atoms with Gasteiger partial charge in [-0.25, -0.2) is 0 Å². The van der Waals surface area contributed by atoms with Crippen LogP contribution in [0.1, 0.15) is 19.3 Å². The number of morpholine rings is 2. The molecule has 8 heteroatoms. The fraction of sp³-hybridized carbons (Fsp3) is 0.882. The number of amides is 2. The fourth-order valence-electron chi connectivity index (χ4n) is 2.94. The molecule has 0 bridgehead atoms. The van der Waals surface area contributed by atoms with E-state index in [0.29, 0.717) is 32.4 Å².